The highest BCUT2D eigenvalue weighted by atomic mass is 35.5. The maximum Gasteiger partial charge on any atom is 0.433 e. The van der Waals surface area contributed by atoms with Gasteiger partial charge in [-0.15, -0.1) is 11.3 Å². The van der Waals surface area contributed by atoms with Crippen LogP contribution in [0.2, 0.25) is 10.3 Å². The van der Waals surface area contributed by atoms with Crippen LogP contribution >= 0.6 is 34.5 Å². The van der Waals surface area contributed by atoms with Gasteiger partial charge in [-0.05, 0) is 12.1 Å². The number of pyridine rings is 1. The second-order valence-electron chi connectivity index (χ2n) is 4.87. The first kappa shape index (κ1) is 18.4. The smallest absolute Gasteiger partial charge is 0.335 e. The van der Waals surface area contributed by atoms with Gasteiger partial charge in [0.05, 0.1) is 5.69 Å². The number of nitrogens with two attached hydrogens (primary N) is 1. The monoisotopic (exact) mass is 423 g/mol. The maximum atomic E-state index is 12.8. The van der Waals surface area contributed by atoms with Crippen LogP contribution in [0.1, 0.15) is 5.69 Å². The lowest BCUT2D eigenvalue weighted by atomic mass is 10.2. The van der Waals surface area contributed by atoms with Crippen molar-refractivity contribution in [3.05, 3.63) is 60.4 Å². The Labute approximate surface area is 156 Å². The Kier molecular flexibility index (Phi) is 4.54. The van der Waals surface area contributed by atoms with E-state index in [4.69, 9.17) is 29.0 Å². The average molecular weight is 424 g/mol. The van der Waals surface area contributed by atoms with E-state index in [0.29, 0.717) is 15.8 Å². The highest BCUT2D eigenvalue weighted by Gasteiger charge is 2.36. The fourth-order valence-electron chi connectivity index (χ4n) is 2.06. The fraction of sp³-hybridized carbons (Fsp3) is 0.0769. The number of nitrogen functional groups attached to an aromatic ring is 1. The lowest BCUT2D eigenvalue weighted by Crippen LogP contribution is -2.45. The van der Waals surface area contributed by atoms with Gasteiger partial charge in [0.15, 0.2) is 5.69 Å². The summed E-state index contributed by atoms with van der Waals surface area (Å²) >= 11 is 12.5. The van der Waals surface area contributed by atoms with Gasteiger partial charge in [-0.25, -0.2) is 24.0 Å². The van der Waals surface area contributed by atoms with Crippen molar-refractivity contribution < 1.29 is 13.2 Å². The Morgan fingerprint density at radius 2 is 1.69 bits per heavy atom. The first-order valence-electron chi connectivity index (χ1n) is 6.58. The van der Waals surface area contributed by atoms with E-state index in [0.717, 1.165) is 11.3 Å². The molecule has 0 aliphatic carbocycles. The number of thiazole rings is 1. The van der Waals surface area contributed by atoms with Gasteiger partial charge in [0, 0.05) is 17.0 Å². The molecule has 7 nitrogen and oxygen atoms in total. The maximum absolute atomic E-state index is 12.8. The van der Waals surface area contributed by atoms with Crippen LogP contribution in [0.5, 0.6) is 0 Å². The number of hydrogen-bond donors (Lipinski definition) is 1. The van der Waals surface area contributed by atoms with Gasteiger partial charge in [-0.1, -0.05) is 23.2 Å². The van der Waals surface area contributed by atoms with E-state index < -0.39 is 23.1 Å². The third-order valence-electron chi connectivity index (χ3n) is 3.17. The number of rotatable bonds is 2. The summed E-state index contributed by atoms with van der Waals surface area (Å²) in [5, 5.41) is 1.50. The van der Waals surface area contributed by atoms with Crippen LogP contribution in [-0.4, -0.2) is 19.2 Å². The number of hydrogen-bond acceptors (Lipinski definition) is 6. The van der Waals surface area contributed by atoms with Crippen LogP contribution in [0, 0.1) is 0 Å². The van der Waals surface area contributed by atoms with Crippen molar-refractivity contribution in [2.45, 2.75) is 6.18 Å². The summed E-state index contributed by atoms with van der Waals surface area (Å²) in [4.78, 5) is 32.0. The van der Waals surface area contributed by atoms with E-state index in [1.54, 1.807) is 0 Å². The van der Waals surface area contributed by atoms with E-state index in [9.17, 15) is 22.8 Å². The third-order valence-corrected chi connectivity index (χ3v) is 4.38. The van der Waals surface area contributed by atoms with E-state index >= 15 is 0 Å². The van der Waals surface area contributed by atoms with E-state index in [2.05, 4.69) is 9.97 Å². The molecular formula is C13H6Cl2F3N5O2S. The van der Waals surface area contributed by atoms with Crippen LogP contribution in [0.15, 0.2) is 33.2 Å². The van der Waals surface area contributed by atoms with Crippen molar-refractivity contribution in [1.29, 1.82) is 0 Å². The SMILES string of the molecule is Nn1c(C(F)(F)F)cc(=O)n(-c2nc(-c3cc(Cl)nc(Cl)c3)cs2)c1=O. The second kappa shape index (κ2) is 6.41. The highest BCUT2D eigenvalue weighted by molar-refractivity contribution is 7.12. The minimum atomic E-state index is -4.95. The minimum Gasteiger partial charge on any atom is -0.335 e. The highest BCUT2D eigenvalue weighted by Crippen LogP contribution is 2.28. The van der Waals surface area contributed by atoms with Crippen molar-refractivity contribution in [3.8, 4) is 16.4 Å². The summed E-state index contributed by atoms with van der Waals surface area (Å²) in [5.41, 5.74) is -3.41. The standard InChI is InChI=1S/C13H6Cl2F3N5O2S/c14-8-1-5(2-9(15)21-8)6-4-26-11(20-6)22-10(24)3-7(13(16,17)18)23(19)12(22)25/h1-4H,19H2. The number of alkyl halides is 3. The molecule has 0 aromatic carbocycles. The Morgan fingerprint density at radius 1 is 1.08 bits per heavy atom. The third kappa shape index (κ3) is 3.32. The molecule has 136 valence electrons. The van der Waals surface area contributed by atoms with Crippen molar-refractivity contribution in [2.75, 3.05) is 5.84 Å². The Bertz CT molecular complexity index is 1100. The zero-order valence-corrected chi connectivity index (χ0v) is 14.6. The van der Waals surface area contributed by atoms with Crippen LogP contribution in [-0.2, 0) is 6.18 Å². The molecular weight excluding hydrogens is 418 g/mol. The predicted octanol–water partition coefficient (Wildman–Crippen LogP) is 2.56. The molecule has 3 rings (SSSR count). The number of aromatic nitrogens is 4. The van der Waals surface area contributed by atoms with Crippen molar-refractivity contribution in [3.63, 3.8) is 0 Å². The van der Waals surface area contributed by atoms with Gasteiger partial charge < -0.3 is 5.84 Å². The van der Waals surface area contributed by atoms with Crippen LogP contribution < -0.4 is 17.1 Å². The fourth-order valence-corrected chi connectivity index (χ4v) is 3.35. The van der Waals surface area contributed by atoms with Gasteiger partial charge in [0.25, 0.3) is 5.56 Å². The summed E-state index contributed by atoms with van der Waals surface area (Å²) in [5.74, 6) is 5.19. The van der Waals surface area contributed by atoms with E-state index in [1.807, 2.05) is 0 Å². The Balaban J connectivity index is 2.15. The van der Waals surface area contributed by atoms with Gasteiger partial charge in [0.1, 0.15) is 10.3 Å². The normalized spacial score (nSPS) is 11.7. The van der Waals surface area contributed by atoms with Gasteiger partial charge >= 0.3 is 11.9 Å². The van der Waals surface area contributed by atoms with Crippen LogP contribution in [0.3, 0.4) is 0 Å². The van der Waals surface area contributed by atoms with Gasteiger partial charge in [-0.2, -0.15) is 13.2 Å². The molecule has 13 heteroatoms. The molecule has 2 N–H and O–H groups in total. The predicted molar refractivity (Wildman–Crippen MR) is 90.4 cm³/mol. The quantitative estimate of drug-likeness (QED) is 0.504. The topological polar surface area (TPSA) is 95.8 Å². The molecule has 0 bridgehead atoms. The molecule has 0 saturated heterocycles. The molecule has 0 unspecified atom stereocenters. The minimum absolute atomic E-state index is 0.0954. The lowest BCUT2D eigenvalue weighted by Gasteiger charge is -2.12. The zero-order chi connectivity index (χ0) is 19.2. The Morgan fingerprint density at radius 3 is 2.27 bits per heavy atom. The summed E-state index contributed by atoms with van der Waals surface area (Å²) in [6.45, 7) is 0. The first-order chi connectivity index (χ1) is 12.1. The van der Waals surface area contributed by atoms with Crippen LogP contribution in [0.25, 0.3) is 16.4 Å². The summed E-state index contributed by atoms with van der Waals surface area (Å²) in [7, 11) is 0. The van der Waals surface area contributed by atoms with Gasteiger partial charge in [0.2, 0.25) is 5.13 Å². The van der Waals surface area contributed by atoms with Crippen molar-refractivity contribution >= 4 is 34.5 Å². The Hall–Kier alpha value is -2.37. The second-order valence-corrected chi connectivity index (χ2v) is 6.48. The molecule has 0 fully saturated rings. The molecule has 0 aliphatic rings. The molecule has 0 aliphatic heterocycles. The molecule has 0 spiro atoms. The lowest BCUT2D eigenvalue weighted by molar-refractivity contribution is -0.143. The number of halogens is 5. The molecule has 3 aromatic rings. The molecule has 3 aromatic heterocycles. The molecule has 3 heterocycles. The number of nitrogens with zero attached hydrogens (tertiary/aromatic N) is 4. The average Bonchev–Trinajstić information content (AvgIpc) is 2.98. The molecule has 0 atom stereocenters. The summed E-state index contributed by atoms with van der Waals surface area (Å²) in [6, 6.07) is 3.12. The molecule has 0 saturated carbocycles. The van der Waals surface area contributed by atoms with Crippen LogP contribution in [0.4, 0.5) is 13.2 Å². The van der Waals surface area contributed by atoms with E-state index in [-0.39, 0.29) is 26.2 Å². The van der Waals surface area contributed by atoms with Crippen molar-refractivity contribution in [1.82, 2.24) is 19.2 Å². The summed E-state index contributed by atoms with van der Waals surface area (Å²) in [6.07, 6.45) is -4.95. The molecule has 0 radical (unpaired) electrons. The zero-order valence-electron chi connectivity index (χ0n) is 12.3. The first-order valence-corrected chi connectivity index (χ1v) is 8.22. The molecule has 0 amide bonds. The summed E-state index contributed by atoms with van der Waals surface area (Å²) < 4.78 is 38.7. The van der Waals surface area contributed by atoms with Crippen molar-refractivity contribution in [2.24, 2.45) is 0 Å². The largest absolute Gasteiger partial charge is 0.433 e. The van der Waals surface area contributed by atoms with Gasteiger partial charge in [-0.3, -0.25) is 4.79 Å². The molecule has 26 heavy (non-hydrogen) atoms. The van der Waals surface area contributed by atoms with E-state index in [1.165, 1.54) is 17.5 Å².